The molecule has 1 heterocycles. The van der Waals surface area contributed by atoms with Crippen LogP contribution in [0.2, 0.25) is 0 Å². The molecule has 0 N–H and O–H groups in total. The fraction of sp³-hybridized carbons (Fsp3) is 0.278. The van der Waals surface area contributed by atoms with E-state index in [1.807, 2.05) is 24.3 Å². The van der Waals surface area contributed by atoms with Crippen molar-refractivity contribution in [2.75, 3.05) is 43.1 Å². The number of anilines is 2. The zero-order chi connectivity index (χ0) is 17.8. The minimum atomic E-state index is -0.481. The monoisotopic (exact) mass is 338 g/mol. The van der Waals surface area contributed by atoms with Crippen molar-refractivity contribution < 1.29 is 9.66 Å². The summed E-state index contributed by atoms with van der Waals surface area (Å²) in [5.41, 5.74) is 2.13. The summed E-state index contributed by atoms with van der Waals surface area (Å²) >= 11 is 0. The summed E-state index contributed by atoms with van der Waals surface area (Å²) in [7, 11) is 1.65. The van der Waals surface area contributed by atoms with E-state index in [0.29, 0.717) is 5.56 Å². The van der Waals surface area contributed by atoms with Gasteiger partial charge in [-0.15, -0.1) is 0 Å². The number of nitro benzene ring substituents is 1. The second kappa shape index (κ2) is 7.09. The Balaban J connectivity index is 1.74. The summed E-state index contributed by atoms with van der Waals surface area (Å²) in [6, 6.07) is 14.4. The molecule has 1 aliphatic rings. The number of nitro groups is 1. The van der Waals surface area contributed by atoms with Gasteiger partial charge in [0.15, 0.2) is 0 Å². The van der Waals surface area contributed by atoms with E-state index >= 15 is 0 Å². The van der Waals surface area contributed by atoms with Crippen LogP contribution in [-0.2, 0) is 0 Å². The highest BCUT2D eigenvalue weighted by molar-refractivity contribution is 5.64. The van der Waals surface area contributed by atoms with Crippen LogP contribution in [0.4, 0.5) is 17.1 Å². The molecule has 0 bridgehead atoms. The fourth-order valence-corrected chi connectivity index (χ4v) is 3.02. The van der Waals surface area contributed by atoms with Crippen LogP contribution >= 0.6 is 0 Å². The van der Waals surface area contributed by atoms with Gasteiger partial charge in [0.25, 0.3) is 5.69 Å². The Labute approximate surface area is 145 Å². The van der Waals surface area contributed by atoms with Crippen molar-refractivity contribution >= 4 is 17.1 Å². The van der Waals surface area contributed by atoms with Crippen molar-refractivity contribution in [3.8, 4) is 11.8 Å². The molecule has 0 saturated carbocycles. The molecule has 1 saturated heterocycles. The first kappa shape index (κ1) is 16.6. The predicted molar refractivity (Wildman–Crippen MR) is 95.2 cm³/mol. The highest BCUT2D eigenvalue weighted by Gasteiger charge is 2.21. The molecule has 1 aliphatic heterocycles. The molecule has 2 aromatic carbocycles. The predicted octanol–water partition coefficient (Wildman–Crippen LogP) is 2.80. The second-order valence-corrected chi connectivity index (χ2v) is 5.75. The Morgan fingerprint density at radius 3 is 2.48 bits per heavy atom. The highest BCUT2D eigenvalue weighted by Crippen LogP contribution is 2.28. The second-order valence-electron chi connectivity index (χ2n) is 5.75. The largest absolute Gasteiger partial charge is 0.497 e. The molecule has 128 valence electrons. The van der Waals surface area contributed by atoms with Crippen molar-refractivity contribution in [2.24, 2.45) is 0 Å². The van der Waals surface area contributed by atoms with Crippen LogP contribution in [0.5, 0.6) is 5.75 Å². The minimum absolute atomic E-state index is 0.0599. The number of benzene rings is 2. The maximum atomic E-state index is 10.9. The molecule has 0 aromatic heterocycles. The molecule has 0 amide bonds. The zero-order valence-corrected chi connectivity index (χ0v) is 13.9. The molecule has 2 aromatic rings. The Bertz CT molecular complexity index is 823. The van der Waals surface area contributed by atoms with Gasteiger partial charge in [-0.2, -0.15) is 5.26 Å². The molecule has 25 heavy (non-hydrogen) atoms. The number of methoxy groups -OCH3 is 1. The van der Waals surface area contributed by atoms with Gasteiger partial charge >= 0.3 is 0 Å². The molecular weight excluding hydrogens is 320 g/mol. The maximum Gasteiger partial charge on any atom is 0.270 e. The number of hydrogen-bond acceptors (Lipinski definition) is 6. The number of non-ortho nitro benzene ring substituents is 1. The van der Waals surface area contributed by atoms with Crippen LogP contribution in [-0.4, -0.2) is 38.2 Å². The molecule has 0 unspecified atom stereocenters. The molecule has 7 heteroatoms. The lowest BCUT2D eigenvalue weighted by molar-refractivity contribution is -0.384. The van der Waals surface area contributed by atoms with Crippen LogP contribution in [0.25, 0.3) is 0 Å². The number of hydrogen-bond donors (Lipinski definition) is 0. The molecule has 7 nitrogen and oxygen atoms in total. The van der Waals surface area contributed by atoms with E-state index in [9.17, 15) is 15.4 Å². The van der Waals surface area contributed by atoms with Crippen molar-refractivity contribution in [3.05, 3.63) is 58.1 Å². The first-order valence-electron chi connectivity index (χ1n) is 7.95. The third kappa shape index (κ3) is 3.48. The van der Waals surface area contributed by atoms with Crippen molar-refractivity contribution in [2.45, 2.75) is 0 Å². The van der Waals surface area contributed by atoms with Crippen molar-refractivity contribution in [3.63, 3.8) is 0 Å². The number of rotatable bonds is 4. The number of piperazine rings is 1. The van der Waals surface area contributed by atoms with Crippen LogP contribution in [0.15, 0.2) is 42.5 Å². The summed E-state index contributed by atoms with van der Waals surface area (Å²) in [5.74, 6) is 0.821. The van der Waals surface area contributed by atoms with Gasteiger partial charge in [-0.1, -0.05) is 6.07 Å². The standard InChI is InChI=1S/C18H18N4O3/c1-25-17-4-2-3-15(12-17)20-7-9-21(10-8-20)18-6-5-16(22(23)24)11-14(18)13-19/h2-6,11-12H,7-10H2,1H3. The van der Waals surface area contributed by atoms with Gasteiger partial charge in [-0.25, -0.2) is 0 Å². The van der Waals surface area contributed by atoms with Gasteiger partial charge in [0.05, 0.1) is 23.3 Å². The molecule has 0 radical (unpaired) electrons. The van der Waals surface area contributed by atoms with E-state index in [0.717, 1.165) is 43.3 Å². The molecule has 3 rings (SSSR count). The van der Waals surface area contributed by atoms with Gasteiger partial charge in [0, 0.05) is 50.1 Å². The van der Waals surface area contributed by atoms with Gasteiger partial charge in [-0.3, -0.25) is 10.1 Å². The van der Waals surface area contributed by atoms with E-state index in [2.05, 4.69) is 15.9 Å². The Hall–Kier alpha value is -3.27. The number of nitriles is 1. The number of nitrogens with zero attached hydrogens (tertiary/aromatic N) is 4. The lowest BCUT2D eigenvalue weighted by Crippen LogP contribution is -2.46. The van der Waals surface area contributed by atoms with E-state index in [1.165, 1.54) is 12.1 Å². The third-order valence-corrected chi connectivity index (χ3v) is 4.35. The normalized spacial score (nSPS) is 14.1. The van der Waals surface area contributed by atoms with Crippen LogP contribution in [0.1, 0.15) is 5.56 Å². The van der Waals surface area contributed by atoms with Gasteiger partial charge in [0.1, 0.15) is 11.8 Å². The van der Waals surface area contributed by atoms with E-state index in [4.69, 9.17) is 4.74 Å². The smallest absolute Gasteiger partial charge is 0.270 e. The Morgan fingerprint density at radius 2 is 1.84 bits per heavy atom. The van der Waals surface area contributed by atoms with Gasteiger partial charge in [-0.05, 0) is 18.2 Å². The van der Waals surface area contributed by atoms with Crippen LogP contribution < -0.4 is 14.5 Å². The Kier molecular flexibility index (Phi) is 4.70. The fourth-order valence-electron chi connectivity index (χ4n) is 3.02. The first-order chi connectivity index (χ1) is 12.1. The van der Waals surface area contributed by atoms with Gasteiger partial charge < -0.3 is 14.5 Å². The molecule has 1 fully saturated rings. The SMILES string of the molecule is COc1cccc(N2CCN(c3ccc([N+](=O)[O-])cc3C#N)CC2)c1. The summed E-state index contributed by atoms with van der Waals surface area (Å²) in [5, 5.41) is 20.2. The minimum Gasteiger partial charge on any atom is -0.497 e. The molecular formula is C18H18N4O3. The third-order valence-electron chi connectivity index (χ3n) is 4.35. The van der Waals surface area contributed by atoms with E-state index in [1.54, 1.807) is 13.2 Å². The summed E-state index contributed by atoms with van der Waals surface area (Å²) < 4.78 is 5.27. The maximum absolute atomic E-state index is 10.9. The molecule has 0 atom stereocenters. The summed E-state index contributed by atoms with van der Waals surface area (Å²) in [4.78, 5) is 14.8. The average Bonchev–Trinajstić information content (AvgIpc) is 2.67. The van der Waals surface area contributed by atoms with Crippen molar-refractivity contribution in [1.82, 2.24) is 0 Å². The highest BCUT2D eigenvalue weighted by atomic mass is 16.6. The van der Waals surface area contributed by atoms with Crippen LogP contribution in [0, 0.1) is 21.4 Å². The van der Waals surface area contributed by atoms with E-state index < -0.39 is 4.92 Å². The quantitative estimate of drug-likeness (QED) is 0.630. The number of ether oxygens (including phenoxy) is 1. The zero-order valence-electron chi connectivity index (χ0n) is 13.9. The van der Waals surface area contributed by atoms with Crippen LogP contribution in [0.3, 0.4) is 0 Å². The van der Waals surface area contributed by atoms with E-state index in [-0.39, 0.29) is 5.69 Å². The summed E-state index contributed by atoms with van der Waals surface area (Å²) in [6.45, 7) is 3.08. The molecule has 0 aliphatic carbocycles. The first-order valence-corrected chi connectivity index (χ1v) is 7.95. The Morgan fingerprint density at radius 1 is 1.12 bits per heavy atom. The van der Waals surface area contributed by atoms with Crippen molar-refractivity contribution in [1.29, 1.82) is 5.26 Å². The van der Waals surface area contributed by atoms with Gasteiger partial charge in [0.2, 0.25) is 0 Å². The summed E-state index contributed by atoms with van der Waals surface area (Å²) in [6.07, 6.45) is 0. The average molecular weight is 338 g/mol. The lowest BCUT2D eigenvalue weighted by Gasteiger charge is -2.37. The lowest BCUT2D eigenvalue weighted by atomic mass is 10.1. The topological polar surface area (TPSA) is 82.6 Å². The molecule has 0 spiro atoms.